The molecule has 5 rings (SSSR count). The van der Waals surface area contributed by atoms with Crippen molar-refractivity contribution in [2.75, 3.05) is 49.1 Å². The zero-order valence-corrected chi connectivity index (χ0v) is 20.5. The molecule has 0 unspecified atom stereocenters. The molecule has 3 aromatic rings. The average Bonchev–Trinajstić information content (AvgIpc) is 3.33. The normalized spacial score (nSPS) is 16.7. The van der Waals surface area contributed by atoms with Crippen LogP contribution in [0.25, 0.3) is 10.1 Å². The first-order valence-corrected chi connectivity index (χ1v) is 13.0. The Labute approximate surface area is 204 Å². The number of nitrogens with zero attached hydrogens (tertiary/aromatic N) is 3. The highest BCUT2D eigenvalue weighted by Crippen LogP contribution is 2.32. The molecule has 2 aliphatic heterocycles. The molecule has 0 aliphatic carbocycles. The molecule has 0 bridgehead atoms. The third-order valence-corrected chi connectivity index (χ3v) is 7.68. The summed E-state index contributed by atoms with van der Waals surface area (Å²) in [6.07, 6.45) is 3.11. The number of piperazine rings is 1. The van der Waals surface area contributed by atoms with Crippen LogP contribution in [0.15, 0.2) is 47.8 Å². The quantitative estimate of drug-likeness (QED) is 0.462. The Kier molecular flexibility index (Phi) is 6.83. The van der Waals surface area contributed by atoms with Crippen molar-refractivity contribution < 1.29 is 14.3 Å². The SMILES string of the molecule is CC(=O)N1C(=O)CCc2ccc(OCCCCN3CCN(c4cccc5sccc45)CC3)cc21. The first-order chi connectivity index (χ1) is 16.6. The lowest BCUT2D eigenvalue weighted by Crippen LogP contribution is -2.46. The fourth-order valence-corrected chi connectivity index (χ4v) is 5.79. The standard InChI is InChI=1S/C27H31N3O3S/c1-20(31)30-25-19-22(9-7-21(25)8-10-27(30)32)33-17-3-2-12-28-13-15-29(16-14-28)24-5-4-6-26-23(24)11-18-34-26/h4-7,9,11,18-19H,2-3,8,10,12-17H2,1H3. The summed E-state index contributed by atoms with van der Waals surface area (Å²) in [6, 6.07) is 14.6. The number of rotatable bonds is 7. The van der Waals surface area contributed by atoms with Gasteiger partial charge in [-0.15, -0.1) is 11.3 Å². The zero-order chi connectivity index (χ0) is 23.5. The van der Waals surface area contributed by atoms with Gasteiger partial charge < -0.3 is 9.64 Å². The lowest BCUT2D eigenvalue weighted by atomic mass is 10.0. The van der Waals surface area contributed by atoms with E-state index in [1.54, 1.807) is 11.3 Å². The van der Waals surface area contributed by atoms with Crippen molar-refractivity contribution in [3.05, 3.63) is 53.4 Å². The Balaban J connectivity index is 1.06. The van der Waals surface area contributed by atoms with Crippen molar-refractivity contribution in [1.82, 2.24) is 4.90 Å². The van der Waals surface area contributed by atoms with Crippen LogP contribution in [0, 0.1) is 0 Å². The molecule has 0 saturated carbocycles. The minimum Gasteiger partial charge on any atom is -0.494 e. The Bertz CT molecular complexity index is 1180. The number of aryl methyl sites for hydroxylation is 1. The van der Waals surface area contributed by atoms with Gasteiger partial charge in [-0.3, -0.25) is 19.4 Å². The van der Waals surface area contributed by atoms with Gasteiger partial charge in [0.05, 0.1) is 12.3 Å². The van der Waals surface area contributed by atoms with Crippen molar-refractivity contribution >= 4 is 44.6 Å². The number of thiophene rings is 1. The van der Waals surface area contributed by atoms with Crippen LogP contribution in [0.2, 0.25) is 0 Å². The molecule has 2 aromatic carbocycles. The number of hydrogen-bond acceptors (Lipinski definition) is 6. The van der Waals surface area contributed by atoms with Crippen molar-refractivity contribution in [2.45, 2.75) is 32.6 Å². The molecule has 3 heterocycles. The summed E-state index contributed by atoms with van der Waals surface area (Å²) in [5, 5.41) is 3.55. The van der Waals surface area contributed by atoms with Gasteiger partial charge in [0.25, 0.3) is 0 Å². The maximum Gasteiger partial charge on any atom is 0.234 e. The predicted molar refractivity (Wildman–Crippen MR) is 138 cm³/mol. The summed E-state index contributed by atoms with van der Waals surface area (Å²) in [5.41, 5.74) is 3.07. The number of carbonyl (C=O) groups excluding carboxylic acids is 2. The molecule has 6 nitrogen and oxygen atoms in total. The number of anilines is 2. The van der Waals surface area contributed by atoms with Crippen LogP contribution in [0.3, 0.4) is 0 Å². The summed E-state index contributed by atoms with van der Waals surface area (Å²) in [7, 11) is 0. The number of carbonyl (C=O) groups is 2. The minimum absolute atomic E-state index is 0.135. The van der Waals surface area contributed by atoms with E-state index in [1.165, 1.54) is 27.6 Å². The predicted octanol–water partition coefficient (Wildman–Crippen LogP) is 4.71. The van der Waals surface area contributed by atoms with E-state index in [1.807, 2.05) is 18.2 Å². The molecule has 2 aliphatic rings. The highest BCUT2D eigenvalue weighted by molar-refractivity contribution is 7.17. The lowest BCUT2D eigenvalue weighted by molar-refractivity contribution is -0.125. The van der Waals surface area contributed by atoms with E-state index in [2.05, 4.69) is 39.4 Å². The molecule has 1 saturated heterocycles. The lowest BCUT2D eigenvalue weighted by Gasteiger charge is -2.36. The number of unbranched alkanes of at least 4 members (excludes halogenated alkanes) is 1. The number of benzene rings is 2. The number of hydrogen-bond donors (Lipinski definition) is 0. The molecule has 34 heavy (non-hydrogen) atoms. The number of imide groups is 1. The van der Waals surface area contributed by atoms with Gasteiger partial charge in [0.15, 0.2) is 0 Å². The second-order valence-electron chi connectivity index (χ2n) is 9.03. The molecule has 1 fully saturated rings. The van der Waals surface area contributed by atoms with Crippen molar-refractivity contribution in [1.29, 1.82) is 0 Å². The smallest absolute Gasteiger partial charge is 0.234 e. The van der Waals surface area contributed by atoms with E-state index in [0.29, 0.717) is 25.1 Å². The van der Waals surface area contributed by atoms with Crippen LogP contribution >= 0.6 is 11.3 Å². The summed E-state index contributed by atoms with van der Waals surface area (Å²) in [6.45, 7) is 7.44. The maximum absolute atomic E-state index is 12.2. The number of ether oxygens (including phenoxy) is 1. The third-order valence-electron chi connectivity index (χ3n) is 6.79. The van der Waals surface area contributed by atoms with Crippen molar-refractivity contribution in [3.63, 3.8) is 0 Å². The third kappa shape index (κ3) is 4.81. The van der Waals surface area contributed by atoms with Gasteiger partial charge in [-0.1, -0.05) is 12.1 Å². The topological polar surface area (TPSA) is 53.1 Å². The van der Waals surface area contributed by atoms with Gasteiger partial charge in [0.1, 0.15) is 5.75 Å². The first-order valence-electron chi connectivity index (χ1n) is 12.1. The van der Waals surface area contributed by atoms with Crippen LogP contribution < -0.4 is 14.5 Å². The molecule has 0 radical (unpaired) electrons. The highest BCUT2D eigenvalue weighted by Gasteiger charge is 2.27. The largest absolute Gasteiger partial charge is 0.494 e. The van der Waals surface area contributed by atoms with Crippen LogP contribution in [0.4, 0.5) is 11.4 Å². The highest BCUT2D eigenvalue weighted by atomic mass is 32.1. The second-order valence-corrected chi connectivity index (χ2v) is 9.98. The molecule has 0 atom stereocenters. The molecular formula is C27H31N3O3S. The average molecular weight is 478 g/mol. The fourth-order valence-electron chi connectivity index (χ4n) is 4.98. The minimum atomic E-state index is -0.241. The van der Waals surface area contributed by atoms with Crippen LogP contribution in [-0.4, -0.2) is 56.0 Å². The fraction of sp³-hybridized carbons (Fsp3) is 0.407. The molecule has 0 N–H and O–H groups in total. The van der Waals surface area contributed by atoms with E-state index in [4.69, 9.17) is 4.74 Å². The molecule has 178 valence electrons. The Hall–Kier alpha value is -2.90. The maximum atomic E-state index is 12.2. The van der Waals surface area contributed by atoms with Gasteiger partial charge >= 0.3 is 0 Å². The molecule has 2 amide bonds. The van der Waals surface area contributed by atoms with E-state index in [9.17, 15) is 9.59 Å². The van der Waals surface area contributed by atoms with Gasteiger partial charge in [0.2, 0.25) is 11.8 Å². The Morgan fingerprint density at radius 2 is 1.85 bits per heavy atom. The van der Waals surface area contributed by atoms with Gasteiger partial charge in [0, 0.05) is 61.4 Å². The molecule has 7 heteroatoms. The molecular weight excluding hydrogens is 446 g/mol. The summed E-state index contributed by atoms with van der Waals surface area (Å²) in [4.78, 5) is 30.4. The van der Waals surface area contributed by atoms with Crippen LogP contribution in [0.1, 0.15) is 31.7 Å². The van der Waals surface area contributed by atoms with Crippen LogP contribution in [-0.2, 0) is 16.0 Å². The summed E-state index contributed by atoms with van der Waals surface area (Å²) >= 11 is 1.81. The molecule has 1 aromatic heterocycles. The molecule has 0 spiro atoms. The van der Waals surface area contributed by atoms with E-state index in [-0.39, 0.29) is 11.8 Å². The summed E-state index contributed by atoms with van der Waals surface area (Å²) in [5.74, 6) is 0.343. The van der Waals surface area contributed by atoms with Gasteiger partial charge in [-0.2, -0.15) is 0 Å². The Morgan fingerprint density at radius 1 is 1.00 bits per heavy atom. The van der Waals surface area contributed by atoms with E-state index >= 15 is 0 Å². The van der Waals surface area contributed by atoms with Gasteiger partial charge in [-0.25, -0.2) is 0 Å². The first kappa shape index (κ1) is 22.9. The zero-order valence-electron chi connectivity index (χ0n) is 19.7. The number of fused-ring (bicyclic) bond motifs is 2. The monoisotopic (exact) mass is 477 g/mol. The van der Waals surface area contributed by atoms with Gasteiger partial charge in [-0.05, 0) is 61.0 Å². The number of amides is 2. The van der Waals surface area contributed by atoms with Crippen molar-refractivity contribution in [2.24, 2.45) is 0 Å². The van der Waals surface area contributed by atoms with E-state index in [0.717, 1.165) is 56.9 Å². The Morgan fingerprint density at radius 3 is 2.68 bits per heavy atom. The van der Waals surface area contributed by atoms with Crippen molar-refractivity contribution in [3.8, 4) is 5.75 Å². The van der Waals surface area contributed by atoms with Crippen LogP contribution in [0.5, 0.6) is 5.75 Å². The summed E-state index contributed by atoms with van der Waals surface area (Å²) < 4.78 is 7.32. The second kappa shape index (κ2) is 10.2. The van der Waals surface area contributed by atoms with E-state index < -0.39 is 0 Å².